The molecule has 16 heavy (non-hydrogen) atoms. The third kappa shape index (κ3) is 2.75. The zero-order valence-electron chi connectivity index (χ0n) is 9.53. The van der Waals surface area contributed by atoms with E-state index >= 15 is 0 Å². The van der Waals surface area contributed by atoms with Crippen molar-refractivity contribution in [1.29, 1.82) is 0 Å². The summed E-state index contributed by atoms with van der Waals surface area (Å²) >= 11 is 0. The standard InChI is InChI=1S/C13H17NO2/c1-2-16-12-6-4-3-5-11(12)9-14-13(15)10-7-8-10/h3-6,10H,2,7-9H2,1H3,(H,14,15). The van der Waals surface area contributed by atoms with E-state index in [2.05, 4.69) is 5.32 Å². The van der Waals surface area contributed by atoms with Crippen molar-refractivity contribution in [2.45, 2.75) is 26.3 Å². The molecule has 0 heterocycles. The van der Waals surface area contributed by atoms with Crippen LogP contribution < -0.4 is 10.1 Å². The number of amides is 1. The number of hydrogen-bond acceptors (Lipinski definition) is 2. The van der Waals surface area contributed by atoms with Crippen LogP contribution in [0.4, 0.5) is 0 Å². The van der Waals surface area contributed by atoms with Crippen molar-refractivity contribution in [3.63, 3.8) is 0 Å². The zero-order valence-corrected chi connectivity index (χ0v) is 9.53. The molecule has 3 heteroatoms. The maximum atomic E-state index is 11.5. The van der Waals surface area contributed by atoms with Gasteiger partial charge in [-0.2, -0.15) is 0 Å². The van der Waals surface area contributed by atoms with E-state index in [0.717, 1.165) is 24.2 Å². The van der Waals surface area contributed by atoms with Gasteiger partial charge in [0.2, 0.25) is 5.91 Å². The highest BCUT2D eigenvalue weighted by atomic mass is 16.5. The fourth-order valence-corrected chi connectivity index (χ4v) is 1.62. The molecule has 0 radical (unpaired) electrons. The van der Waals surface area contributed by atoms with E-state index in [4.69, 9.17) is 4.74 Å². The molecule has 0 aliphatic heterocycles. The SMILES string of the molecule is CCOc1ccccc1CNC(=O)C1CC1. The lowest BCUT2D eigenvalue weighted by Crippen LogP contribution is -2.24. The van der Waals surface area contributed by atoms with Gasteiger partial charge in [-0.15, -0.1) is 0 Å². The Morgan fingerprint density at radius 1 is 1.44 bits per heavy atom. The lowest BCUT2D eigenvalue weighted by atomic mass is 10.2. The van der Waals surface area contributed by atoms with Crippen LogP contribution in [0.2, 0.25) is 0 Å². The Bertz CT molecular complexity index is 372. The normalized spacial score (nSPS) is 14.6. The van der Waals surface area contributed by atoms with Crippen LogP contribution in [-0.2, 0) is 11.3 Å². The van der Waals surface area contributed by atoms with Gasteiger partial charge in [0, 0.05) is 18.0 Å². The summed E-state index contributed by atoms with van der Waals surface area (Å²) in [7, 11) is 0. The average molecular weight is 219 g/mol. The largest absolute Gasteiger partial charge is 0.494 e. The number of rotatable bonds is 5. The summed E-state index contributed by atoms with van der Waals surface area (Å²) in [5, 5.41) is 2.94. The molecule has 1 fully saturated rings. The van der Waals surface area contributed by atoms with Crippen LogP contribution in [0.3, 0.4) is 0 Å². The molecule has 0 unspecified atom stereocenters. The highest BCUT2D eigenvalue weighted by Gasteiger charge is 2.29. The molecular formula is C13H17NO2. The second-order valence-corrected chi connectivity index (χ2v) is 4.03. The van der Waals surface area contributed by atoms with Crippen molar-refractivity contribution in [2.75, 3.05) is 6.61 Å². The molecule has 0 aromatic heterocycles. The predicted octanol–water partition coefficient (Wildman–Crippen LogP) is 2.11. The van der Waals surface area contributed by atoms with Gasteiger partial charge in [-0.1, -0.05) is 18.2 Å². The van der Waals surface area contributed by atoms with Crippen molar-refractivity contribution >= 4 is 5.91 Å². The third-order valence-electron chi connectivity index (χ3n) is 2.67. The molecule has 86 valence electrons. The Kier molecular flexibility index (Phi) is 3.44. The van der Waals surface area contributed by atoms with Gasteiger partial charge in [0.1, 0.15) is 5.75 Å². The summed E-state index contributed by atoms with van der Waals surface area (Å²) in [6.07, 6.45) is 2.08. The van der Waals surface area contributed by atoms with Gasteiger partial charge in [0.05, 0.1) is 6.61 Å². The maximum Gasteiger partial charge on any atom is 0.223 e. The van der Waals surface area contributed by atoms with E-state index in [1.54, 1.807) is 0 Å². The topological polar surface area (TPSA) is 38.3 Å². The molecular weight excluding hydrogens is 202 g/mol. The fourth-order valence-electron chi connectivity index (χ4n) is 1.62. The first kappa shape index (κ1) is 11.0. The highest BCUT2D eigenvalue weighted by Crippen LogP contribution is 2.29. The molecule has 1 N–H and O–H groups in total. The molecule has 1 aliphatic carbocycles. The van der Waals surface area contributed by atoms with Gasteiger partial charge in [-0.3, -0.25) is 4.79 Å². The van der Waals surface area contributed by atoms with Crippen LogP contribution in [0.25, 0.3) is 0 Å². The highest BCUT2D eigenvalue weighted by molar-refractivity contribution is 5.80. The summed E-state index contributed by atoms with van der Waals surface area (Å²) in [6, 6.07) is 7.82. The monoisotopic (exact) mass is 219 g/mol. The van der Waals surface area contributed by atoms with E-state index < -0.39 is 0 Å². The summed E-state index contributed by atoms with van der Waals surface area (Å²) in [4.78, 5) is 11.5. The smallest absolute Gasteiger partial charge is 0.223 e. The van der Waals surface area contributed by atoms with Crippen LogP contribution in [-0.4, -0.2) is 12.5 Å². The average Bonchev–Trinajstić information content (AvgIpc) is 3.12. The minimum absolute atomic E-state index is 0.173. The lowest BCUT2D eigenvalue weighted by Gasteiger charge is -2.10. The van der Waals surface area contributed by atoms with Crippen molar-refractivity contribution in [3.05, 3.63) is 29.8 Å². The molecule has 0 bridgehead atoms. The minimum atomic E-state index is 0.173. The minimum Gasteiger partial charge on any atom is -0.494 e. The Morgan fingerprint density at radius 2 is 2.19 bits per heavy atom. The predicted molar refractivity (Wildman–Crippen MR) is 62.2 cm³/mol. The van der Waals surface area contributed by atoms with Gasteiger partial charge in [-0.25, -0.2) is 0 Å². The molecule has 0 spiro atoms. The summed E-state index contributed by atoms with van der Waals surface area (Å²) in [6.45, 7) is 3.17. The second-order valence-electron chi connectivity index (χ2n) is 4.03. The molecule has 1 amide bonds. The van der Waals surface area contributed by atoms with Gasteiger partial charge in [0.25, 0.3) is 0 Å². The van der Waals surface area contributed by atoms with Crippen molar-refractivity contribution in [3.8, 4) is 5.75 Å². The van der Waals surface area contributed by atoms with Gasteiger partial charge in [0.15, 0.2) is 0 Å². The Hall–Kier alpha value is -1.51. The van der Waals surface area contributed by atoms with Crippen LogP contribution in [0.15, 0.2) is 24.3 Å². The van der Waals surface area contributed by atoms with Crippen LogP contribution in [0, 0.1) is 5.92 Å². The van der Waals surface area contributed by atoms with E-state index in [9.17, 15) is 4.79 Å². The van der Waals surface area contributed by atoms with E-state index in [1.807, 2.05) is 31.2 Å². The first-order chi connectivity index (χ1) is 7.81. The quantitative estimate of drug-likeness (QED) is 0.823. The summed E-state index contributed by atoms with van der Waals surface area (Å²) < 4.78 is 5.49. The Balaban J connectivity index is 1.94. The molecule has 0 saturated heterocycles. The first-order valence-electron chi connectivity index (χ1n) is 5.79. The van der Waals surface area contributed by atoms with Gasteiger partial charge >= 0.3 is 0 Å². The Labute approximate surface area is 95.8 Å². The summed E-state index contributed by atoms with van der Waals surface area (Å²) in [5.74, 6) is 1.30. The number of ether oxygens (including phenoxy) is 1. The van der Waals surface area contributed by atoms with Crippen LogP contribution in [0.1, 0.15) is 25.3 Å². The summed E-state index contributed by atoms with van der Waals surface area (Å²) in [5.41, 5.74) is 1.04. The van der Waals surface area contributed by atoms with Gasteiger partial charge < -0.3 is 10.1 Å². The lowest BCUT2D eigenvalue weighted by molar-refractivity contribution is -0.122. The molecule has 2 rings (SSSR count). The fraction of sp³-hybridized carbons (Fsp3) is 0.462. The number of benzene rings is 1. The number of hydrogen-bond donors (Lipinski definition) is 1. The molecule has 1 aliphatic rings. The van der Waals surface area contributed by atoms with Crippen molar-refractivity contribution in [2.24, 2.45) is 5.92 Å². The molecule has 0 atom stereocenters. The first-order valence-corrected chi connectivity index (χ1v) is 5.79. The number of para-hydroxylation sites is 1. The molecule has 1 aromatic rings. The zero-order chi connectivity index (χ0) is 11.4. The number of carbonyl (C=O) groups is 1. The van der Waals surface area contributed by atoms with Crippen LogP contribution >= 0.6 is 0 Å². The molecule has 1 aromatic carbocycles. The number of carbonyl (C=O) groups excluding carboxylic acids is 1. The van der Waals surface area contributed by atoms with Crippen molar-refractivity contribution in [1.82, 2.24) is 5.32 Å². The second kappa shape index (κ2) is 5.01. The van der Waals surface area contributed by atoms with E-state index in [0.29, 0.717) is 13.2 Å². The van der Waals surface area contributed by atoms with E-state index in [-0.39, 0.29) is 11.8 Å². The van der Waals surface area contributed by atoms with Gasteiger partial charge in [-0.05, 0) is 25.8 Å². The Morgan fingerprint density at radius 3 is 2.88 bits per heavy atom. The van der Waals surface area contributed by atoms with Crippen LogP contribution in [0.5, 0.6) is 5.75 Å². The van der Waals surface area contributed by atoms with Crippen molar-refractivity contribution < 1.29 is 9.53 Å². The maximum absolute atomic E-state index is 11.5. The molecule has 1 saturated carbocycles. The molecule has 3 nitrogen and oxygen atoms in total. The van der Waals surface area contributed by atoms with E-state index in [1.165, 1.54) is 0 Å². The third-order valence-corrected chi connectivity index (χ3v) is 2.67. The number of nitrogens with one attached hydrogen (secondary N) is 1.